The lowest BCUT2D eigenvalue weighted by Crippen LogP contribution is -1.85. The molecule has 1 aromatic heterocycles. The van der Waals surface area contributed by atoms with Crippen LogP contribution in [0.15, 0.2) is 48.5 Å². The van der Waals surface area contributed by atoms with E-state index in [9.17, 15) is 0 Å². The van der Waals surface area contributed by atoms with Crippen LogP contribution in [0.1, 0.15) is 5.56 Å². The molecule has 19 heavy (non-hydrogen) atoms. The zero-order valence-corrected chi connectivity index (χ0v) is 11.3. The van der Waals surface area contributed by atoms with Gasteiger partial charge in [0.2, 0.25) is 5.13 Å². The molecule has 0 saturated heterocycles. The van der Waals surface area contributed by atoms with Gasteiger partial charge in [-0.1, -0.05) is 53.8 Å². The molecule has 2 N–H and O–H groups in total. The molecule has 1 heterocycles. The average Bonchev–Trinajstić information content (AvgIpc) is 2.87. The average molecular weight is 267 g/mol. The van der Waals surface area contributed by atoms with Crippen molar-refractivity contribution in [3.8, 4) is 21.7 Å². The molecular formula is C15H13N3S. The number of rotatable bonds is 2. The Morgan fingerprint density at radius 1 is 0.947 bits per heavy atom. The van der Waals surface area contributed by atoms with Crippen molar-refractivity contribution in [3.05, 3.63) is 54.1 Å². The van der Waals surface area contributed by atoms with E-state index in [0.717, 1.165) is 10.6 Å². The van der Waals surface area contributed by atoms with Crippen molar-refractivity contribution in [2.24, 2.45) is 0 Å². The molecule has 0 saturated carbocycles. The molecule has 0 bridgehead atoms. The first-order chi connectivity index (χ1) is 9.24. The topological polar surface area (TPSA) is 51.8 Å². The Morgan fingerprint density at radius 3 is 2.42 bits per heavy atom. The fourth-order valence-corrected chi connectivity index (χ4v) is 2.64. The molecule has 2 aromatic carbocycles. The van der Waals surface area contributed by atoms with E-state index in [1.165, 1.54) is 28.0 Å². The maximum atomic E-state index is 5.64. The number of aromatic nitrogens is 2. The summed E-state index contributed by atoms with van der Waals surface area (Å²) < 4.78 is 0. The lowest BCUT2D eigenvalue weighted by molar-refractivity contribution is 1.10. The minimum atomic E-state index is 0.497. The number of hydrogen-bond donors (Lipinski definition) is 1. The Bertz CT molecular complexity index is 704. The maximum Gasteiger partial charge on any atom is 0.203 e. The van der Waals surface area contributed by atoms with Gasteiger partial charge < -0.3 is 5.73 Å². The van der Waals surface area contributed by atoms with Crippen LogP contribution in [0.2, 0.25) is 0 Å². The van der Waals surface area contributed by atoms with E-state index in [4.69, 9.17) is 5.73 Å². The van der Waals surface area contributed by atoms with E-state index < -0.39 is 0 Å². The molecule has 94 valence electrons. The van der Waals surface area contributed by atoms with Crippen LogP contribution in [0, 0.1) is 6.92 Å². The SMILES string of the molecule is Cc1ccc(-c2nnc(N)s2)cc1-c1ccccc1. The minimum absolute atomic E-state index is 0.497. The first-order valence-corrected chi connectivity index (χ1v) is 6.81. The van der Waals surface area contributed by atoms with Gasteiger partial charge in [-0.15, -0.1) is 10.2 Å². The first-order valence-electron chi connectivity index (χ1n) is 5.99. The summed E-state index contributed by atoms with van der Waals surface area (Å²) in [4.78, 5) is 0. The van der Waals surface area contributed by atoms with Gasteiger partial charge in [0.1, 0.15) is 5.01 Å². The van der Waals surface area contributed by atoms with Gasteiger partial charge in [-0.25, -0.2) is 0 Å². The summed E-state index contributed by atoms with van der Waals surface area (Å²) in [5.41, 5.74) is 10.4. The Hall–Kier alpha value is -2.20. The van der Waals surface area contributed by atoms with Crippen LogP contribution >= 0.6 is 11.3 Å². The number of nitrogens with zero attached hydrogens (tertiary/aromatic N) is 2. The van der Waals surface area contributed by atoms with E-state index in [1.54, 1.807) is 0 Å². The molecule has 0 aliphatic rings. The van der Waals surface area contributed by atoms with Gasteiger partial charge in [-0.2, -0.15) is 0 Å². The first kappa shape index (κ1) is 11.9. The van der Waals surface area contributed by atoms with Crippen LogP contribution in [0.25, 0.3) is 21.7 Å². The summed E-state index contributed by atoms with van der Waals surface area (Å²) in [5, 5.41) is 9.31. The van der Waals surface area contributed by atoms with Gasteiger partial charge >= 0.3 is 0 Å². The van der Waals surface area contributed by atoms with Crippen LogP contribution in [0.3, 0.4) is 0 Å². The van der Waals surface area contributed by atoms with Crippen molar-refractivity contribution in [3.63, 3.8) is 0 Å². The van der Waals surface area contributed by atoms with Crippen LogP contribution in [-0.2, 0) is 0 Å². The van der Waals surface area contributed by atoms with Gasteiger partial charge in [-0.3, -0.25) is 0 Å². The predicted molar refractivity (Wildman–Crippen MR) is 79.9 cm³/mol. The summed E-state index contributed by atoms with van der Waals surface area (Å²) in [5.74, 6) is 0. The standard InChI is InChI=1S/C15H13N3S/c1-10-7-8-12(14-17-18-15(16)19-14)9-13(10)11-5-3-2-4-6-11/h2-9H,1H3,(H2,16,18). The van der Waals surface area contributed by atoms with Gasteiger partial charge in [0.05, 0.1) is 0 Å². The monoisotopic (exact) mass is 267 g/mol. The van der Waals surface area contributed by atoms with E-state index in [-0.39, 0.29) is 0 Å². The molecule has 3 aromatic rings. The highest BCUT2D eigenvalue weighted by Crippen LogP contribution is 2.31. The summed E-state index contributed by atoms with van der Waals surface area (Å²) in [6.07, 6.45) is 0. The van der Waals surface area contributed by atoms with Crippen molar-refractivity contribution in [1.29, 1.82) is 0 Å². The third-order valence-corrected chi connectivity index (χ3v) is 3.81. The zero-order valence-electron chi connectivity index (χ0n) is 10.5. The van der Waals surface area contributed by atoms with Crippen molar-refractivity contribution >= 4 is 16.5 Å². The Morgan fingerprint density at radius 2 is 1.74 bits per heavy atom. The molecule has 0 amide bonds. The molecule has 3 rings (SSSR count). The van der Waals surface area contributed by atoms with Crippen LogP contribution < -0.4 is 5.73 Å². The number of hydrogen-bond acceptors (Lipinski definition) is 4. The van der Waals surface area contributed by atoms with E-state index in [1.807, 2.05) is 18.2 Å². The van der Waals surface area contributed by atoms with Crippen LogP contribution in [-0.4, -0.2) is 10.2 Å². The molecule has 0 unspecified atom stereocenters. The van der Waals surface area contributed by atoms with Crippen molar-refractivity contribution in [2.45, 2.75) is 6.92 Å². The molecule has 0 atom stereocenters. The molecule has 0 fully saturated rings. The zero-order chi connectivity index (χ0) is 13.2. The lowest BCUT2D eigenvalue weighted by atomic mass is 9.98. The number of benzene rings is 2. The summed E-state index contributed by atoms with van der Waals surface area (Å²) in [7, 11) is 0. The van der Waals surface area contributed by atoms with Crippen molar-refractivity contribution < 1.29 is 0 Å². The van der Waals surface area contributed by atoms with Crippen LogP contribution in [0.5, 0.6) is 0 Å². The minimum Gasteiger partial charge on any atom is -0.374 e. The summed E-state index contributed by atoms with van der Waals surface area (Å²) >= 11 is 1.41. The Labute approximate surface area is 115 Å². The highest BCUT2D eigenvalue weighted by molar-refractivity contribution is 7.18. The van der Waals surface area contributed by atoms with E-state index in [2.05, 4.69) is 47.5 Å². The Kier molecular flexibility index (Phi) is 3.01. The third-order valence-electron chi connectivity index (χ3n) is 3.01. The van der Waals surface area contributed by atoms with Gasteiger partial charge in [0.25, 0.3) is 0 Å². The molecule has 0 aliphatic heterocycles. The second-order valence-corrected chi connectivity index (χ2v) is 5.35. The highest BCUT2D eigenvalue weighted by atomic mass is 32.1. The molecule has 0 spiro atoms. The summed E-state index contributed by atoms with van der Waals surface area (Å²) in [6.45, 7) is 2.11. The Balaban J connectivity index is 2.11. The second kappa shape index (κ2) is 4.82. The molecule has 3 nitrogen and oxygen atoms in total. The normalized spacial score (nSPS) is 10.6. The molecular weight excluding hydrogens is 254 g/mol. The smallest absolute Gasteiger partial charge is 0.203 e. The fourth-order valence-electron chi connectivity index (χ4n) is 2.03. The van der Waals surface area contributed by atoms with Gasteiger partial charge in [0, 0.05) is 5.56 Å². The highest BCUT2D eigenvalue weighted by Gasteiger charge is 2.08. The predicted octanol–water partition coefficient (Wildman–Crippen LogP) is 3.76. The quantitative estimate of drug-likeness (QED) is 0.769. The van der Waals surface area contributed by atoms with Crippen molar-refractivity contribution in [2.75, 3.05) is 5.73 Å². The molecule has 4 heteroatoms. The second-order valence-electron chi connectivity index (χ2n) is 4.34. The number of anilines is 1. The van der Waals surface area contributed by atoms with Gasteiger partial charge in [-0.05, 0) is 29.7 Å². The van der Waals surface area contributed by atoms with Crippen molar-refractivity contribution in [1.82, 2.24) is 10.2 Å². The molecule has 0 aliphatic carbocycles. The molecule has 0 radical (unpaired) electrons. The maximum absolute atomic E-state index is 5.64. The summed E-state index contributed by atoms with van der Waals surface area (Å²) in [6, 6.07) is 16.6. The lowest BCUT2D eigenvalue weighted by Gasteiger charge is -2.07. The number of nitrogen functional groups attached to an aromatic ring is 1. The third kappa shape index (κ3) is 2.35. The van der Waals surface area contributed by atoms with E-state index in [0.29, 0.717) is 5.13 Å². The van der Waals surface area contributed by atoms with Gasteiger partial charge in [0.15, 0.2) is 0 Å². The number of nitrogens with two attached hydrogens (primary N) is 1. The number of aryl methyl sites for hydroxylation is 1. The largest absolute Gasteiger partial charge is 0.374 e. The fraction of sp³-hybridized carbons (Fsp3) is 0.0667. The van der Waals surface area contributed by atoms with Crippen LogP contribution in [0.4, 0.5) is 5.13 Å². The van der Waals surface area contributed by atoms with E-state index >= 15 is 0 Å².